The number of morpholine rings is 1. The number of nitrogens with one attached hydrogen (secondary N) is 1. The molecule has 2 aliphatic heterocycles. The Hall–Kier alpha value is -4.24. The molecule has 1 fully saturated rings. The maximum absolute atomic E-state index is 13.2. The Morgan fingerprint density at radius 3 is 2.60 bits per heavy atom. The van der Waals surface area contributed by atoms with E-state index in [1.807, 2.05) is 60.7 Å². The number of ketones is 1. The Morgan fingerprint density at radius 1 is 0.943 bits per heavy atom. The summed E-state index contributed by atoms with van der Waals surface area (Å²) in [5.41, 5.74) is 4.41. The van der Waals surface area contributed by atoms with Crippen LogP contribution < -0.4 is 10.2 Å². The summed E-state index contributed by atoms with van der Waals surface area (Å²) >= 11 is 0. The number of carbonyl (C=O) groups is 1. The highest BCUT2D eigenvalue weighted by molar-refractivity contribution is 6.16. The summed E-state index contributed by atoms with van der Waals surface area (Å²) in [5.74, 6) is 0.631. The number of benzene rings is 2. The lowest BCUT2D eigenvalue weighted by Crippen LogP contribution is -2.36. The number of anilines is 2. The fraction of sp³-hybridized carbons (Fsp3) is 0.231. The van der Waals surface area contributed by atoms with Gasteiger partial charge in [0, 0.05) is 36.7 Å². The largest absolute Gasteiger partial charge is 0.457 e. The van der Waals surface area contributed by atoms with Gasteiger partial charge in [-0.25, -0.2) is 0 Å². The Morgan fingerprint density at radius 2 is 1.74 bits per heavy atom. The van der Waals surface area contributed by atoms with Gasteiger partial charge in [-0.05, 0) is 5.56 Å². The third-order valence-corrected chi connectivity index (χ3v) is 6.12. The molecule has 0 unspecified atom stereocenters. The average molecular weight is 470 g/mol. The van der Waals surface area contributed by atoms with Gasteiger partial charge in [0.25, 0.3) is 5.89 Å². The lowest BCUT2D eigenvalue weighted by molar-refractivity contribution is -0.119. The zero-order chi connectivity index (χ0) is 23.6. The van der Waals surface area contributed by atoms with Crippen molar-refractivity contribution >= 4 is 23.2 Å². The predicted octanol–water partition coefficient (Wildman–Crippen LogP) is 3.57. The molecule has 0 spiro atoms. The molecule has 176 valence electrons. The standard InChI is InChI=1S/C26H23N5O4/c32-21-16-18-8-4-5-9-19(18)22(17-6-2-1-3-7-17)27-24(21)28-26-30-29-25(35-26)23-20(10-13-34-23)31-11-14-33-15-12-31/h1-10,13,24H,11-12,14-16H2,(H,28,30)/t24-/m1/s1. The minimum atomic E-state index is -0.874. The smallest absolute Gasteiger partial charge is 0.317 e. The highest BCUT2D eigenvalue weighted by Crippen LogP contribution is 2.33. The number of hydrogen-bond acceptors (Lipinski definition) is 9. The number of rotatable bonds is 5. The van der Waals surface area contributed by atoms with Crippen molar-refractivity contribution in [2.24, 2.45) is 4.99 Å². The molecule has 1 N–H and O–H groups in total. The number of ether oxygens (including phenoxy) is 1. The molecule has 1 atom stereocenters. The molecular weight excluding hydrogens is 446 g/mol. The number of Topliss-reactive ketones (excluding diaryl/α,β-unsaturated/α-hetero) is 1. The molecule has 4 heterocycles. The summed E-state index contributed by atoms with van der Waals surface area (Å²) in [6.07, 6.45) is 0.967. The van der Waals surface area contributed by atoms with Crippen LogP contribution in [0, 0.1) is 0 Å². The normalized spacial score (nSPS) is 18.1. The Balaban J connectivity index is 1.30. The molecule has 9 heteroatoms. The topological polar surface area (TPSA) is 106 Å². The first kappa shape index (κ1) is 21.3. The molecule has 9 nitrogen and oxygen atoms in total. The summed E-state index contributed by atoms with van der Waals surface area (Å²) in [4.78, 5) is 20.1. The van der Waals surface area contributed by atoms with Crippen LogP contribution >= 0.6 is 0 Å². The van der Waals surface area contributed by atoms with Crippen LogP contribution in [0.3, 0.4) is 0 Å². The second-order valence-corrected chi connectivity index (χ2v) is 8.34. The van der Waals surface area contributed by atoms with Crippen molar-refractivity contribution in [3.8, 4) is 11.7 Å². The summed E-state index contributed by atoms with van der Waals surface area (Å²) in [6, 6.07) is 19.6. The summed E-state index contributed by atoms with van der Waals surface area (Å²) in [5, 5.41) is 11.3. The molecule has 2 aromatic carbocycles. The van der Waals surface area contributed by atoms with Crippen molar-refractivity contribution in [2.45, 2.75) is 12.6 Å². The molecule has 0 bridgehead atoms. The number of hydrogen-bond donors (Lipinski definition) is 1. The number of furan rings is 1. The van der Waals surface area contributed by atoms with Crippen molar-refractivity contribution in [3.05, 3.63) is 83.6 Å². The van der Waals surface area contributed by atoms with Crippen LogP contribution in [0.25, 0.3) is 11.7 Å². The van der Waals surface area contributed by atoms with Gasteiger partial charge >= 0.3 is 6.01 Å². The number of carbonyl (C=O) groups excluding carboxylic acids is 1. The van der Waals surface area contributed by atoms with Gasteiger partial charge in [0.1, 0.15) is 0 Å². The molecule has 6 rings (SSSR count). The van der Waals surface area contributed by atoms with E-state index in [9.17, 15) is 4.79 Å². The van der Waals surface area contributed by atoms with Gasteiger partial charge in [-0.1, -0.05) is 59.7 Å². The molecule has 2 aromatic heterocycles. The minimum Gasteiger partial charge on any atom is -0.457 e. The molecule has 2 aliphatic rings. The first-order chi connectivity index (χ1) is 17.3. The van der Waals surface area contributed by atoms with Crippen LogP contribution in [-0.2, 0) is 16.0 Å². The van der Waals surface area contributed by atoms with E-state index in [1.54, 1.807) is 6.26 Å². The Bertz CT molecular complexity index is 1370. The number of fused-ring (bicyclic) bond motifs is 1. The number of nitrogens with zero attached hydrogens (tertiary/aromatic N) is 4. The Kier molecular flexibility index (Phi) is 5.59. The molecule has 0 radical (unpaired) electrons. The van der Waals surface area contributed by atoms with Gasteiger partial charge in [0.2, 0.25) is 5.76 Å². The molecule has 1 saturated heterocycles. The third-order valence-electron chi connectivity index (χ3n) is 6.12. The fourth-order valence-electron chi connectivity index (χ4n) is 4.41. The lowest BCUT2D eigenvalue weighted by atomic mass is 9.96. The van der Waals surface area contributed by atoms with E-state index >= 15 is 0 Å². The van der Waals surface area contributed by atoms with Gasteiger partial charge in [-0.2, -0.15) is 0 Å². The average Bonchev–Trinajstić information content (AvgIpc) is 3.55. The number of aromatic nitrogens is 2. The monoisotopic (exact) mass is 469 g/mol. The quantitative estimate of drug-likeness (QED) is 0.473. The van der Waals surface area contributed by atoms with E-state index in [-0.39, 0.29) is 24.1 Å². The number of aliphatic imine (C=N–C) groups is 1. The van der Waals surface area contributed by atoms with E-state index < -0.39 is 6.17 Å². The second kappa shape index (κ2) is 9.19. The van der Waals surface area contributed by atoms with Crippen molar-refractivity contribution in [3.63, 3.8) is 0 Å². The van der Waals surface area contributed by atoms with Crippen molar-refractivity contribution in [2.75, 3.05) is 36.5 Å². The van der Waals surface area contributed by atoms with E-state index in [4.69, 9.17) is 18.6 Å². The van der Waals surface area contributed by atoms with E-state index in [0.29, 0.717) is 19.0 Å². The second-order valence-electron chi connectivity index (χ2n) is 8.34. The highest BCUT2D eigenvalue weighted by Gasteiger charge is 2.28. The van der Waals surface area contributed by atoms with Crippen LogP contribution in [0.5, 0.6) is 0 Å². The van der Waals surface area contributed by atoms with Crippen LogP contribution in [-0.4, -0.2) is 54.2 Å². The summed E-state index contributed by atoms with van der Waals surface area (Å²) in [7, 11) is 0. The molecular formula is C26H23N5O4. The van der Waals surface area contributed by atoms with Crippen molar-refractivity contribution in [1.29, 1.82) is 0 Å². The van der Waals surface area contributed by atoms with Gasteiger partial charge in [-0.3, -0.25) is 9.79 Å². The first-order valence-corrected chi connectivity index (χ1v) is 11.5. The minimum absolute atomic E-state index is 0.0878. The van der Waals surface area contributed by atoms with E-state index in [1.165, 1.54) is 0 Å². The fourth-order valence-corrected chi connectivity index (χ4v) is 4.41. The molecule has 35 heavy (non-hydrogen) atoms. The van der Waals surface area contributed by atoms with Gasteiger partial charge in [0.15, 0.2) is 11.9 Å². The third kappa shape index (κ3) is 4.22. The molecule has 4 aromatic rings. The van der Waals surface area contributed by atoms with Gasteiger partial charge < -0.3 is 23.8 Å². The maximum atomic E-state index is 13.2. The summed E-state index contributed by atoms with van der Waals surface area (Å²) < 4.78 is 17.0. The van der Waals surface area contributed by atoms with Crippen molar-refractivity contribution in [1.82, 2.24) is 10.2 Å². The van der Waals surface area contributed by atoms with E-state index in [0.717, 1.165) is 41.2 Å². The lowest BCUT2D eigenvalue weighted by Gasteiger charge is -2.27. The molecule has 0 amide bonds. The predicted molar refractivity (Wildman–Crippen MR) is 130 cm³/mol. The van der Waals surface area contributed by atoms with Crippen molar-refractivity contribution < 1.29 is 18.4 Å². The van der Waals surface area contributed by atoms with Crippen LogP contribution in [0.1, 0.15) is 16.7 Å². The molecule has 0 saturated carbocycles. The summed E-state index contributed by atoms with van der Waals surface area (Å²) in [6.45, 7) is 2.80. The SMILES string of the molecule is O=C1Cc2ccccc2C(c2ccccc2)=N[C@@H]1Nc1nnc(-c2occc2N2CCOCC2)o1. The highest BCUT2D eigenvalue weighted by atomic mass is 16.5. The zero-order valence-electron chi connectivity index (χ0n) is 18.9. The maximum Gasteiger partial charge on any atom is 0.317 e. The first-order valence-electron chi connectivity index (χ1n) is 11.5. The van der Waals surface area contributed by atoms with Crippen LogP contribution in [0.4, 0.5) is 11.7 Å². The molecule has 0 aliphatic carbocycles. The Labute approximate surface area is 201 Å². The van der Waals surface area contributed by atoms with Gasteiger partial charge in [-0.15, -0.1) is 5.10 Å². The van der Waals surface area contributed by atoms with E-state index in [2.05, 4.69) is 20.4 Å². The van der Waals surface area contributed by atoms with Gasteiger partial charge in [0.05, 0.1) is 30.9 Å². The van der Waals surface area contributed by atoms with Crippen LogP contribution in [0.2, 0.25) is 0 Å². The zero-order valence-corrected chi connectivity index (χ0v) is 18.9. The van der Waals surface area contributed by atoms with Crippen LogP contribution in [0.15, 0.2) is 80.8 Å².